The molecule has 1 spiro atoms. The Balaban J connectivity index is 1.40. The van der Waals surface area contributed by atoms with Crippen molar-refractivity contribution in [3.05, 3.63) is 58.9 Å². The second kappa shape index (κ2) is 6.68. The zero-order valence-electron chi connectivity index (χ0n) is 14.1. The molecule has 25 heavy (non-hydrogen) atoms. The molecular weight excluding hydrogens is 336 g/mol. The van der Waals surface area contributed by atoms with Crippen molar-refractivity contribution in [2.24, 2.45) is 0 Å². The molecule has 2 aromatic rings. The highest BCUT2D eigenvalue weighted by Gasteiger charge is 2.40. The molecule has 0 unspecified atom stereocenters. The first-order chi connectivity index (χ1) is 12.2. The molecule has 5 heteroatoms. The second-order valence-electron chi connectivity index (χ2n) is 6.89. The van der Waals surface area contributed by atoms with E-state index in [-0.39, 0.29) is 11.5 Å². The van der Waals surface area contributed by atoms with Crippen LogP contribution in [0.4, 0.5) is 0 Å². The summed E-state index contributed by atoms with van der Waals surface area (Å²) >= 11 is 6.32. The van der Waals surface area contributed by atoms with Gasteiger partial charge in [-0.1, -0.05) is 29.8 Å². The van der Waals surface area contributed by atoms with Gasteiger partial charge in [0, 0.05) is 37.8 Å². The average Bonchev–Trinajstić information content (AvgIpc) is 2.64. The number of carbonyl (C=O) groups is 1. The van der Waals surface area contributed by atoms with Crippen molar-refractivity contribution < 1.29 is 9.53 Å². The third-order valence-electron chi connectivity index (χ3n) is 5.30. The lowest BCUT2D eigenvalue weighted by atomic mass is 9.83. The predicted octanol–water partition coefficient (Wildman–Crippen LogP) is 3.66. The number of aromatic nitrogens is 1. The van der Waals surface area contributed by atoms with Gasteiger partial charge in [0.25, 0.3) is 0 Å². The number of ether oxygens (including phenoxy) is 1. The van der Waals surface area contributed by atoms with E-state index in [0.29, 0.717) is 11.4 Å². The fourth-order valence-corrected chi connectivity index (χ4v) is 4.01. The number of benzene rings is 1. The Hall–Kier alpha value is -2.07. The minimum Gasteiger partial charge on any atom is -0.485 e. The molecule has 0 bridgehead atoms. The van der Waals surface area contributed by atoms with Crippen LogP contribution in [0.1, 0.15) is 30.5 Å². The molecule has 0 atom stereocenters. The maximum absolute atomic E-state index is 12.5. The highest BCUT2D eigenvalue weighted by molar-refractivity contribution is 6.32. The Morgan fingerprint density at radius 3 is 2.76 bits per heavy atom. The standard InChI is InChI=1S/C20H21ClN2O2/c21-17-6-3-4-15-7-8-20(25-19(15)17)9-12-23(13-10-20)18(24)14-16-5-1-2-11-22-16/h1-6,11H,7-10,12-14H2. The summed E-state index contributed by atoms with van der Waals surface area (Å²) in [6.07, 6.45) is 5.77. The normalized spacial score (nSPS) is 18.5. The first kappa shape index (κ1) is 16.4. The number of para-hydroxylation sites is 1. The molecule has 4 rings (SSSR count). The van der Waals surface area contributed by atoms with Crippen molar-refractivity contribution in [2.45, 2.75) is 37.7 Å². The van der Waals surface area contributed by atoms with E-state index in [0.717, 1.165) is 50.2 Å². The van der Waals surface area contributed by atoms with E-state index in [1.54, 1.807) is 6.20 Å². The molecule has 0 saturated carbocycles. The van der Waals surface area contributed by atoms with Gasteiger partial charge in [0.1, 0.15) is 11.4 Å². The van der Waals surface area contributed by atoms with E-state index in [1.807, 2.05) is 35.2 Å². The van der Waals surface area contributed by atoms with Crippen molar-refractivity contribution in [1.82, 2.24) is 9.88 Å². The minimum absolute atomic E-state index is 0.141. The molecule has 0 radical (unpaired) electrons. The zero-order chi connectivity index (χ0) is 17.3. The molecule has 1 amide bonds. The molecule has 2 aliphatic rings. The van der Waals surface area contributed by atoms with E-state index in [2.05, 4.69) is 11.1 Å². The summed E-state index contributed by atoms with van der Waals surface area (Å²) < 4.78 is 6.36. The number of pyridine rings is 1. The van der Waals surface area contributed by atoms with Gasteiger partial charge in [0.15, 0.2) is 0 Å². The lowest BCUT2D eigenvalue weighted by molar-refractivity contribution is -0.134. The largest absolute Gasteiger partial charge is 0.485 e. The Bertz CT molecular complexity index is 771. The molecule has 1 fully saturated rings. The fraction of sp³-hybridized carbons (Fsp3) is 0.400. The van der Waals surface area contributed by atoms with Gasteiger partial charge in [-0.3, -0.25) is 9.78 Å². The number of aryl methyl sites for hydroxylation is 1. The first-order valence-electron chi connectivity index (χ1n) is 8.79. The summed E-state index contributed by atoms with van der Waals surface area (Å²) in [4.78, 5) is 18.7. The van der Waals surface area contributed by atoms with Crippen LogP contribution < -0.4 is 4.74 Å². The van der Waals surface area contributed by atoms with Crippen LogP contribution in [0.3, 0.4) is 0 Å². The maximum atomic E-state index is 12.5. The smallest absolute Gasteiger partial charge is 0.228 e. The summed E-state index contributed by atoms with van der Waals surface area (Å²) in [5.41, 5.74) is 1.83. The Morgan fingerprint density at radius 2 is 2.00 bits per heavy atom. The van der Waals surface area contributed by atoms with Gasteiger partial charge in [0.2, 0.25) is 5.91 Å². The molecular formula is C20H21ClN2O2. The molecule has 130 valence electrons. The molecule has 1 aromatic heterocycles. The number of likely N-dealkylation sites (tertiary alicyclic amines) is 1. The number of carbonyl (C=O) groups excluding carboxylic acids is 1. The summed E-state index contributed by atoms with van der Waals surface area (Å²) in [7, 11) is 0. The number of hydrogen-bond donors (Lipinski definition) is 0. The van der Waals surface area contributed by atoms with E-state index in [9.17, 15) is 4.79 Å². The summed E-state index contributed by atoms with van der Waals surface area (Å²) in [6.45, 7) is 1.46. The lowest BCUT2D eigenvalue weighted by Gasteiger charge is -2.44. The summed E-state index contributed by atoms with van der Waals surface area (Å²) in [5, 5.41) is 0.685. The van der Waals surface area contributed by atoms with Crippen LogP contribution in [0, 0.1) is 0 Å². The van der Waals surface area contributed by atoms with E-state index in [4.69, 9.17) is 16.3 Å². The predicted molar refractivity (Wildman–Crippen MR) is 96.9 cm³/mol. The number of halogens is 1. The first-order valence-corrected chi connectivity index (χ1v) is 9.17. The van der Waals surface area contributed by atoms with E-state index in [1.165, 1.54) is 5.56 Å². The van der Waals surface area contributed by atoms with E-state index >= 15 is 0 Å². The number of rotatable bonds is 2. The van der Waals surface area contributed by atoms with Crippen molar-refractivity contribution in [3.8, 4) is 5.75 Å². The van der Waals surface area contributed by atoms with Crippen LogP contribution in [0.15, 0.2) is 42.6 Å². The molecule has 3 heterocycles. The molecule has 0 aliphatic carbocycles. The molecule has 2 aliphatic heterocycles. The number of nitrogens with zero attached hydrogens (tertiary/aromatic N) is 2. The molecule has 1 saturated heterocycles. The van der Waals surface area contributed by atoms with Gasteiger partial charge in [-0.15, -0.1) is 0 Å². The molecule has 0 N–H and O–H groups in total. The van der Waals surface area contributed by atoms with Crippen LogP contribution in [0.5, 0.6) is 5.75 Å². The van der Waals surface area contributed by atoms with Crippen molar-refractivity contribution in [3.63, 3.8) is 0 Å². The van der Waals surface area contributed by atoms with Crippen LogP contribution in [-0.2, 0) is 17.6 Å². The van der Waals surface area contributed by atoms with Gasteiger partial charge in [-0.2, -0.15) is 0 Å². The van der Waals surface area contributed by atoms with Crippen LogP contribution >= 0.6 is 11.6 Å². The van der Waals surface area contributed by atoms with Crippen molar-refractivity contribution >= 4 is 17.5 Å². The molecule has 1 aromatic carbocycles. The number of amides is 1. The van der Waals surface area contributed by atoms with Gasteiger partial charge < -0.3 is 9.64 Å². The average molecular weight is 357 g/mol. The monoisotopic (exact) mass is 356 g/mol. The van der Waals surface area contributed by atoms with Crippen LogP contribution in [0.2, 0.25) is 5.02 Å². The number of hydrogen-bond acceptors (Lipinski definition) is 3. The maximum Gasteiger partial charge on any atom is 0.228 e. The summed E-state index contributed by atoms with van der Waals surface area (Å²) in [6, 6.07) is 11.6. The van der Waals surface area contributed by atoms with Crippen molar-refractivity contribution in [1.29, 1.82) is 0 Å². The Morgan fingerprint density at radius 1 is 1.16 bits per heavy atom. The SMILES string of the molecule is O=C(Cc1ccccn1)N1CCC2(CCc3cccc(Cl)c3O2)CC1. The van der Waals surface area contributed by atoms with Gasteiger partial charge >= 0.3 is 0 Å². The van der Waals surface area contributed by atoms with Gasteiger partial charge in [0.05, 0.1) is 11.4 Å². The van der Waals surface area contributed by atoms with Gasteiger partial charge in [-0.25, -0.2) is 0 Å². The van der Waals surface area contributed by atoms with Gasteiger partial charge in [-0.05, 0) is 36.6 Å². The fourth-order valence-electron chi connectivity index (χ4n) is 3.78. The highest BCUT2D eigenvalue weighted by atomic mass is 35.5. The highest BCUT2D eigenvalue weighted by Crippen LogP contribution is 2.42. The third kappa shape index (κ3) is 3.36. The zero-order valence-corrected chi connectivity index (χ0v) is 14.8. The Labute approximate surface area is 152 Å². The van der Waals surface area contributed by atoms with Crippen LogP contribution in [0.25, 0.3) is 0 Å². The van der Waals surface area contributed by atoms with Crippen molar-refractivity contribution in [2.75, 3.05) is 13.1 Å². The second-order valence-corrected chi connectivity index (χ2v) is 7.30. The Kier molecular flexibility index (Phi) is 4.38. The third-order valence-corrected chi connectivity index (χ3v) is 5.60. The quantitative estimate of drug-likeness (QED) is 0.824. The lowest BCUT2D eigenvalue weighted by Crippen LogP contribution is -2.51. The topological polar surface area (TPSA) is 42.4 Å². The van der Waals surface area contributed by atoms with Crippen LogP contribution in [-0.4, -0.2) is 34.5 Å². The minimum atomic E-state index is -0.181. The molecule has 4 nitrogen and oxygen atoms in total. The summed E-state index contributed by atoms with van der Waals surface area (Å²) in [5.74, 6) is 0.978. The number of fused-ring (bicyclic) bond motifs is 1. The number of piperidine rings is 1. The van der Waals surface area contributed by atoms with E-state index < -0.39 is 0 Å².